The first-order valence-corrected chi connectivity index (χ1v) is 4.56. The number of methoxy groups -OCH3 is 1. The molecule has 0 aliphatic carbocycles. The lowest BCUT2D eigenvalue weighted by Crippen LogP contribution is -1.99. The van der Waals surface area contributed by atoms with Gasteiger partial charge in [-0.05, 0) is 23.6 Å². The van der Waals surface area contributed by atoms with Gasteiger partial charge in [0.1, 0.15) is 5.75 Å². The minimum atomic E-state index is -0.839. The van der Waals surface area contributed by atoms with Crippen molar-refractivity contribution >= 4 is 16.9 Å². The number of fused-ring (bicyclic) bond motifs is 1. The van der Waals surface area contributed by atoms with Gasteiger partial charge in [-0.2, -0.15) is 0 Å². The third-order valence-electron chi connectivity index (χ3n) is 2.23. The molecular formula is C11H11NO3. The summed E-state index contributed by atoms with van der Waals surface area (Å²) in [7, 11) is 1.60. The molecule has 0 aliphatic rings. The van der Waals surface area contributed by atoms with E-state index in [0.717, 1.165) is 16.7 Å². The summed E-state index contributed by atoms with van der Waals surface area (Å²) >= 11 is 0. The van der Waals surface area contributed by atoms with Gasteiger partial charge in [0.05, 0.1) is 13.5 Å². The van der Waals surface area contributed by atoms with Gasteiger partial charge in [-0.1, -0.05) is 0 Å². The molecule has 1 aromatic heterocycles. The maximum absolute atomic E-state index is 10.5. The molecule has 2 N–H and O–H groups in total. The van der Waals surface area contributed by atoms with Crippen LogP contribution in [0.2, 0.25) is 0 Å². The van der Waals surface area contributed by atoms with Crippen molar-refractivity contribution in [3.05, 3.63) is 30.0 Å². The second-order valence-corrected chi connectivity index (χ2v) is 3.32. The molecule has 0 unspecified atom stereocenters. The first-order valence-electron chi connectivity index (χ1n) is 4.56. The quantitative estimate of drug-likeness (QED) is 0.803. The lowest BCUT2D eigenvalue weighted by molar-refractivity contribution is -0.136. The highest BCUT2D eigenvalue weighted by Gasteiger charge is 2.05. The zero-order valence-corrected chi connectivity index (χ0v) is 8.28. The maximum atomic E-state index is 10.5. The molecule has 0 fully saturated rings. The molecule has 0 saturated carbocycles. The Kier molecular flexibility index (Phi) is 2.33. The maximum Gasteiger partial charge on any atom is 0.309 e. The minimum Gasteiger partial charge on any atom is -0.497 e. The molecule has 0 aliphatic heterocycles. The van der Waals surface area contributed by atoms with E-state index in [4.69, 9.17) is 9.84 Å². The average Bonchev–Trinajstić information content (AvgIpc) is 2.57. The largest absolute Gasteiger partial charge is 0.497 e. The number of ether oxygens (including phenoxy) is 1. The van der Waals surface area contributed by atoms with Crippen molar-refractivity contribution in [3.8, 4) is 5.75 Å². The molecule has 0 spiro atoms. The third-order valence-corrected chi connectivity index (χ3v) is 2.23. The van der Waals surface area contributed by atoms with Gasteiger partial charge in [-0.3, -0.25) is 4.79 Å². The average molecular weight is 205 g/mol. The summed E-state index contributed by atoms with van der Waals surface area (Å²) in [6.07, 6.45) is 0.0109. The summed E-state index contributed by atoms with van der Waals surface area (Å²) in [5.41, 5.74) is 1.59. The van der Waals surface area contributed by atoms with E-state index in [1.807, 2.05) is 24.3 Å². The van der Waals surface area contributed by atoms with Gasteiger partial charge in [0.2, 0.25) is 0 Å². The fraction of sp³-hybridized carbons (Fsp3) is 0.182. The summed E-state index contributed by atoms with van der Waals surface area (Å²) in [6.45, 7) is 0. The molecule has 2 rings (SSSR count). The lowest BCUT2D eigenvalue weighted by Gasteiger charge is -1.97. The molecular weight excluding hydrogens is 194 g/mol. The Morgan fingerprint density at radius 1 is 1.47 bits per heavy atom. The smallest absolute Gasteiger partial charge is 0.309 e. The molecule has 15 heavy (non-hydrogen) atoms. The molecule has 0 bridgehead atoms. The summed E-state index contributed by atoms with van der Waals surface area (Å²) in [4.78, 5) is 13.6. The van der Waals surface area contributed by atoms with E-state index in [0.29, 0.717) is 5.69 Å². The number of carbonyl (C=O) groups is 1. The van der Waals surface area contributed by atoms with Crippen molar-refractivity contribution in [1.29, 1.82) is 0 Å². The standard InChI is InChI=1S/C11H11NO3/c1-15-9-3-2-7-4-8(5-11(13)14)12-10(7)6-9/h2-4,6,12H,5H2,1H3,(H,13,14). The van der Waals surface area contributed by atoms with Crippen molar-refractivity contribution in [2.45, 2.75) is 6.42 Å². The SMILES string of the molecule is COc1ccc2cc(CC(=O)O)[nH]c2c1. The Balaban J connectivity index is 2.42. The van der Waals surface area contributed by atoms with E-state index in [1.54, 1.807) is 7.11 Å². The van der Waals surface area contributed by atoms with E-state index >= 15 is 0 Å². The fourth-order valence-electron chi connectivity index (χ4n) is 1.55. The summed E-state index contributed by atoms with van der Waals surface area (Å²) < 4.78 is 5.08. The van der Waals surface area contributed by atoms with Crippen LogP contribution >= 0.6 is 0 Å². The van der Waals surface area contributed by atoms with Gasteiger partial charge in [-0.25, -0.2) is 0 Å². The number of H-pyrrole nitrogens is 1. The molecule has 0 amide bonds. The number of aromatic nitrogens is 1. The van der Waals surface area contributed by atoms with Gasteiger partial charge in [0.15, 0.2) is 0 Å². The molecule has 2 aromatic rings. The summed E-state index contributed by atoms with van der Waals surface area (Å²) in [5, 5.41) is 9.64. The zero-order valence-electron chi connectivity index (χ0n) is 8.28. The van der Waals surface area contributed by atoms with E-state index in [9.17, 15) is 4.79 Å². The van der Waals surface area contributed by atoms with Gasteiger partial charge >= 0.3 is 5.97 Å². The molecule has 0 saturated heterocycles. The van der Waals surface area contributed by atoms with Crippen LogP contribution < -0.4 is 4.74 Å². The van der Waals surface area contributed by atoms with E-state index in [-0.39, 0.29) is 6.42 Å². The van der Waals surface area contributed by atoms with Crippen molar-refractivity contribution in [2.24, 2.45) is 0 Å². The zero-order chi connectivity index (χ0) is 10.8. The van der Waals surface area contributed by atoms with Gasteiger partial charge in [-0.15, -0.1) is 0 Å². The second-order valence-electron chi connectivity index (χ2n) is 3.32. The fourth-order valence-corrected chi connectivity index (χ4v) is 1.55. The number of hydrogen-bond acceptors (Lipinski definition) is 2. The van der Waals surface area contributed by atoms with Gasteiger partial charge in [0, 0.05) is 17.3 Å². The van der Waals surface area contributed by atoms with Crippen LogP contribution in [0.5, 0.6) is 5.75 Å². The first-order chi connectivity index (χ1) is 7.19. The Morgan fingerprint density at radius 3 is 2.93 bits per heavy atom. The van der Waals surface area contributed by atoms with Crippen molar-refractivity contribution in [3.63, 3.8) is 0 Å². The van der Waals surface area contributed by atoms with Crippen LogP contribution in [-0.4, -0.2) is 23.2 Å². The first kappa shape index (κ1) is 9.58. The summed E-state index contributed by atoms with van der Waals surface area (Å²) in [5.74, 6) is -0.0836. The van der Waals surface area contributed by atoms with Crippen LogP contribution in [0, 0.1) is 0 Å². The molecule has 0 radical (unpaired) electrons. The Hall–Kier alpha value is -1.97. The van der Waals surface area contributed by atoms with E-state index in [2.05, 4.69) is 4.98 Å². The molecule has 1 aromatic carbocycles. The normalized spacial score (nSPS) is 10.5. The number of nitrogens with one attached hydrogen (secondary N) is 1. The van der Waals surface area contributed by atoms with E-state index < -0.39 is 5.97 Å². The topological polar surface area (TPSA) is 62.3 Å². The number of rotatable bonds is 3. The van der Waals surface area contributed by atoms with Crippen LogP contribution in [0.15, 0.2) is 24.3 Å². The Bertz CT molecular complexity index is 502. The predicted molar refractivity (Wildman–Crippen MR) is 56.2 cm³/mol. The van der Waals surface area contributed by atoms with Gasteiger partial charge < -0.3 is 14.8 Å². The molecule has 0 atom stereocenters. The number of aromatic amines is 1. The minimum absolute atomic E-state index is 0.0109. The van der Waals surface area contributed by atoms with Crippen LogP contribution in [0.1, 0.15) is 5.69 Å². The number of hydrogen-bond donors (Lipinski definition) is 2. The Labute approximate surface area is 86.5 Å². The second kappa shape index (κ2) is 3.65. The monoisotopic (exact) mass is 205 g/mol. The van der Waals surface area contributed by atoms with Crippen molar-refractivity contribution < 1.29 is 14.6 Å². The van der Waals surface area contributed by atoms with Gasteiger partial charge in [0.25, 0.3) is 0 Å². The predicted octanol–water partition coefficient (Wildman–Crippen LogP) is 1.80. The van der Waals surface area contributed by atoms with Crippen molar-refractivity contribution in [2.75, 3.05) is 7.11 Å². The highest BCUT2D eigenvalue weighted by molar-refractivity contribution is 5.83. The van der Waals surface area contributed by atoms with Crippen LogP contribution in [0.3, 0.4) is 0 Å². The number of carboxylic acid groups (broad SMARTS) is 1. The Morgan fingerprint density at radius 2 is 2.27 bits per heavy atom. The van der Waals surface area contributed by atoms with Crippen LogP contribution in [0.4, 0.5) is 0 Å². The number of benzene rings is 1. The number of aliphatic carboxylic acids is 1. The van der Waals surface area contributed by atoms with E-state index in [1.165, 1.54) is 0 Å². The highest BCUT2D eigenvalue weighted by atomic mass is 16.5. The summed E-state index contributed by atoms with van der Waals surface area (Å²) in [6, 6.07) is 7.43. The van der Waals surface area contributed by atoms with Crippen molar-refractivity contribution in [1.82, 2.24) is 4.98 Å². The number of carboxylic acids is 1. The lowest BCUT2D eigenvalue weighted by atomic mass is 10.2. The highest BCUT2D eigenvalue weighted by Crippen LogP contribution is 2.21. The molecule has 4 nitrogen and oxygen atoms in total. The molecule has 78 valence electrons. The molecule has 4 heteroatoms. The van der Waals surface area contributed by atoms with Crippen LogP contribution in [-0.2, 0) is 11.2 Å². The van der Waals surface area contributed by atoms with Crippen LogP contribution in [0.25, 0.3) is 10.9 Å². The third kappa shape index (κ3) is 1.93. The molecule has 1 heterocycles.